The minimum atomic E-state index is -0.172. The first-order chi connectivity index (χ1) is 13.2. The zero-order valence-corrected chi connectivity index (χ0v) is 15.5. The highest BCUT2D eigenvalue weighted by Crippen LogP contribution is 2.34. The number of carbonyl (C=O) groups excluding carboxylic acids is 1. The predicted molar refractivity (Wildman–Crippen MR) is 107 cm³/mol. The number of anilines is 1. The second kappa shape index (κ2) is 8.05. The molecule has 3 nitrogen and oxygen atoms in total. The van der Waals surface area contributed by atoms with Crippen LogP contribution in [0.3, 0.4) is 0 Å². The van der Waals surface area contributed by atoms with Crippen molar-refractivity contribution >= 4 is 17.5 Å². The molecule has 1 saturated heterocycles. The Morgan fingerprint density at radius 2 is 1.59 bits per heavy atom. The first kappa shape index (κ1) is 17.9. The summed E-state index contributed by atoms with van der Waals surface area (Å²) in [6, 6.07) is 14.6. The SMILES string of the molecule is O=[C]c1ccc(N2CCN(CC3=C(c4ccc(F)cc4)CCC3)CC2)cc1. The maximum absolute atomic E-state index is 13.2. The van der Waals surface area contributed by atoms with Gasteiger partial charge in [0.2, 0.25) is 6.29 Å². The number of benzene rings is 2. The third-order valence-corrected chi connectivity index (χ3v) is 5.66. The van der Waals surface area contributed by atoms with Crippen LogP contribution < -0.4 is 4.90 Å². The molecule has 2 aliphatic rings. The van der Waals surface area contributed by atoms with E-state index in [0.29, 0.717) is 5.56 Å². The second-order valence-corrected chi connectivity index (χ2v) is 7.35. The zero-order chi connectivity index (χ0) is 18.6. The largest absolute Gasteiger partial charge is 0.369 e. The van der Waals surface area contributed by atoms with Crippen LogP contribution in [0.1, 0.15) is 30.4 Å². The molecule has 0 atom stereocenters. The molecular formula is C23H24FN2O. The van der Waals surface area contributed by atoms with Crippen molar-refractivity contribution in [2.75, 3.05) is 37.6 Å². The average Bonchev–Trinajstić information content (AvgIpc) is 3.17. The number of rotatable bonds is 5. The molecular weight excluding hydrogens is 339 g/mol. The quantitative estimate of drug-likeness (QED) is 0.801. The molecule has 1 heterocycles. The zero-order valence-electron chi connectivity index (χ0n) is 15.5. The van der Waals surface area contributed by atoms with E-state index in [-0.39, 0.29) is 5.82 Å². The summed E-state index contributed by atoms with van der Waals surface area (Å²) in [4.78, 5) is 15.6. The van der Waals surface area contributed by atoms with Gasteiger partial charge in [0, 0.05) is 44.0 Å². The summed E-state index contributed by atoms with van der Waals surface area (Å²) >= 11 is 0. The van der Waals surface area contributed by atoms with Crippen LogP contribution in [0.2, 0.25) is 0 Å². The summed E-state index contributed by atoms with van der Waals surface area (Å²) in [7, 11) is 0. The molecule has 0 N–H and O–H groups in total. The highest BCUT2D eigenvalue weighted by Gasteiger charge is 2.22. The molecule has 1 radical (unpaired) electrons. The maximum atomic E-state index is 13.2. The number of halogens is 1. The van der Waals surface area contributed by atoms with Gasteiger partial charge in [-0.05, 0) is 66.8 Å². The van der Waals surface area contributed by atoms with Gasteiger partial charge in [-0.1, -0.05) is 17.7 Å². The van der Waals surface area contributed by atoms with Crippen LogP contribution in [0.15, 0.2) is 54.1 Å². The van der Waals surface area contributed by atoms with Crippen LogP contribution in [-0.4, -0.2) is 43.9 Å². The number of hydrogen-bond acceptors (Lipinski definition) is 3. The number of piperazine rings is 1. The van der Waals surface area contributed by atoms with Crippen molar-refractivity contribution in [2.45, 2.75) is 19.3 Å². The molecule has 27 heavy (non-hydrogen) atoms. The molecule has 0 aromatic heterocycles. The van der Waals surface area contributed by atoms with Gasteiger partial charge in [-0.15, -0.1) is 0 Å². The van der Waals surface area contributed by atoms with Crippen molar-refractivity contribution < 1.29 is 9.18 Å². The molecule has 2 aromatic rings. The Labute approximate surface area is 160 Å². The lowest BCUT2D eigenvalue weighted by Gasteiger charge is -2.36. The Morgan fingerprint density at radius 3 is 2.26 bits per heavy atom. The van der Waals surface area contributed by atoms with Gasteiger partial charge in [-0.2, -0.15) is 0 Å². The van der Waals surface area contributed by atoms with Crippen molar-refractivity contribution in [3.05, 3.63) is 71.0 Å². The number of hydrogen-bond donors (Lipinski definition) is 0. The molecule has 4 rings (SSSR count). The Bertz CT molecular complexity index is 818. The van der Waals surface area contributed by atoms with Crippen LogP contribution in [0.5, 0.6) is 0 Å². The van der Waals surface area contributed by atoms with E-state index in [0.717, 1.165) is 45.6 Å². The first-order valence-corrected chi connectivity index (χ1v) is 9.65. The van der Waals surface area contributed by atoms with Gasteiger partial charge in [-0.25, -0.2) is 4.39 Å². The summed E-state index contributed by atoms with van der Waals surface area (Å²) in [5.41, 5.74) is 5.87. The summed E-state index contributed by atoms with van der Waals surface area (Å²) < 4.78 is 13.2. The van der Waals surface area contributed by atoms with Crippen LogP contribution in [0, 0.1) is 5.82 Å². The van der Waals surface area contributed by atoms with Crippen molar-refractivity contribution in [1.29, 1.82) is 0 Å². The highest BCUT2D eigenvalue weighted by atomic mass is 19.1. The summed E-state index contributed by atoms with van der Waals surface area (Å²) in [6.45, 7) is 5.05. The van der Waals surface area contributed by atoms with E-state index in [4.69, 9.17) is 0 Å². The molecule has 0 amide bonds. The molecule has 2 aromatic carbocycles. The Hall–Kier alpha value is -2.46. The van der Waals surface area contributed by atoms with Crippen molar-refractivity contribution in [2.24, 2.45) is 0 Å². The topological polar surface area (TPSA) is 23.6 Å². The van der Waals surface area contributed by atoms with Crippen molar-refractivity contribution in [3.8, 4) is 0 Å². The van der Waals surface area contributed by atoms with Gasteiger partial charge in [-0.3, -0.25) is 9.69 Å². The van der Waals surface area contributed by atoms with E-state index < -0.39 is 0 Å². The fourth-order valence-electron chi connectivity index (χ4n) is 4.15. The minimum Gasteiger partial charge on any atom is -0.369 e. The van der Waals surface area contributed by atoms with E-state index in [1.165, 1.54) is 28.8 Å². The highest BCUT2D eigenvalue weighted by molar-refractivity contribution is 5.76. The lowest BCUT2D eigenvalue weighted by Crippen LogP contribution is -2.46. The molecule has 0 saturated carbocycles. The fourth-order valence-corrected chi connectivity index (χ4v) is 4.15. The molecule has 0 bridgehead atoms. The molecule has 1 aliphatic carbocycles. The van der Waals surface area contributed by atoms with Crippen LogP contribution >= 0.6 is 0 Å². The van der Waals surface area contributed by atoms with Crippen molar-refractivity contribution in [3.63, 3.8) is 0 Å². The summed E-state index contributed by atoms with van der Waals surface area (Å²) in [6.07, 6.45) is 5.37. The van der Waals surface area contributed by atoms with Crippen molar-refractivity contribution in [1.82, 2.24) is 4.90 Å². The summed E-state index contributed by atoms with van der Waals surface area (Å²) in [5.74, 6) is -0.172. The van der Waals surface area contributed by atoms with E-state index in [1.807, 2.05) is 42.7 Å². The Balaban J connectivity index is 1.38. The molecule has 139 valence electrons. The van der Waals surface area contributed by atoms with Gasteiger partial charge in [0.15, 0.2) is 0 Å². The lowest BCUT2D eigenvalue weighted by atomic mass is 10.0. The smallest absolute Gasteiger partial charge is 0.233 e. The standard InChI is InChI=1S/C23H24FN2O/c24-21-8-6-19(7-9-21)23-3-1-2-20(23)16-25-12-14-26(15-13-25)22-10-4-18(17-27)5-11-22/h4-11H,1-3,12-16H2. The predicted octanol–water partition coefficient (Wildman–Crippen LogP) is 4.04. The van der Waals surface area contributed by atoms with Gasteiger partial charge < -0.3 is 4.90 Å². The van der Waals surface area contributed by atoms with Crippen LogP contribution in [0.25, 0.3) is 5.57 Å². The van der Waals surface area contributed by atoms with Gasteiger partial charge in [0.25, 0.3) is 0 Å². The van der Waals surface area contributed by atoms with Gasteiger partial charge in [0.1, 0.15) is 5.82 Å². The normalized spacial score (nSPS) is 18.2. The first-order valence-electron chi connectivity index (χ1n) is 9.65. The van der Waals surface area contributed by atoms with Crippen LogP contribution in [0.4, 0.5) is 10.1 Å². The lowest BCUT2D eigenvalue weighted by molar-refractivity contribution is 0.277. The van der Waals surface area contributed by atoms with E-state index in [1.54, 1.807) is 12.1 Å². The fraction of sp³-hybridized carbons (Fsp3) is 0.348. The monoisotopic (exact) mass is 363 g/mol. The molecule has 0 spiro atoms. The summed E-state index contributed by atoms with van der Waals surface area (Å²) in [5, 5.41) is 0. The van der Waals surface area contributed by atoms with E-state index in [9.17, 15) is 9.18 Å². The number of nitrogens with zero attached hydrogens (tertiary/aromatic N) is 2. The van der Waals surface area contributed by atoms with Gasteiger partial charge >= 0.3 is 0 Å². The van der Waals surface area contributed by atoms with E-state index >= 15 is 0 Å². The molecule has 0 unspecified atom stereocenters. The van der Waals surface area contributed by atoms with Crippen LogP contribution in [-0.2, 0) is 4.79 Å². The van der Waals surface area contributed by atoms with E-state index in [2.05, 4.69) is 9.80 Å². The Morgan fingerprint density at radius 1 is 0.889 bits per heavy atom. The Kier molecular flexibility index (Phi) is 5.35. The number of allylic oxidation sites excluding steroid dienone is 1. The molecule has 1 aliphatic heterocycles. The maximum Gasteiger partial charge on any atom is 0.233 e. The molecule has 1 fully saturated rings. The minimum absolute atomic E-state index is 0.172. The second-order valence-electron chi connectivity index (χ2n) is 7.35. The third-order valence-electron chi connectivity index (χ3n) is 5.66. The third kappa shape index (κ3) is 4.11. The average molecular weight is 363 g/mol. The molecule has 4 heteroatoms. The van der Waals surface area contributed by atoms with Gasteiger partial charge in [0.05, 0.1) is 0 Å².